The molecule has 6 nitrogen and oxygen atoms in total. The highest BCUT2D eigenvalue weighted by Crippen LogP contribution is 2.21. The van der Waals surface area contributed by atoms with Crippen LogP contribution < -0.4 is 5.32 Å². The monoisotopic (exact) mass is 315 g/mol. The average molecular weight is 315 g/mol. The number of carbonyl (C=O) groups excluding carboxylic acids is 1. The maximum Gasteiger partial charge on any atom is 0.289 e. The van der Waals surface area contributed by atoms with Crippen LogP contribution in [0.4, 0.5) is 0 Å². The van der Waals surface area contributed by atoms with Gasteiger partial charge in [0.05, 0.1) is 13.2 Å². The highest BCUT2D eigenvalue weighted by molar-refractivity contribution is 5.97. The minimum absolute atomic E-state index is 0.0225. The molecule has 1 fully saturated rings. The summed E-state index contributed by atoms with van der Waals surface area (Å²) in [5.41, 5.74) is 1.44. The summed E-state index contributed by atoms with van der Waals surface area (Å²) in [5.74, 6) is 0.0205. The molecule has 0 spiro atoms. The zero-order chi connectivity index (χ0) is 16.1. The molecule has 0 saturated carbocycles. The first-order chi connectivity index (χ1) is 11.2. The van der Waals surface area contributed by atoms with Gasteiger partial charge in [-0.25, -0.2) is 4.98 Å². The first-order valence-corrected chi connectivity index (χ1v) is 7.84. The van der Waals surface area contributed by atoms with E-state index in [-0.39, 0.29) is 17.7 Å². The summed E-state index contributed by atoms with van der Waals surface area (Å²) in [6, 6.07) is 9.58. The minimum atomic E-state index is -0.234. The van der Waals surface area contributed by atoms with Gasteiger partial charge in [0.15, 0.2) is 6.39 Å². The number of nitrogens with one attached hydrogen (secondary N) is 1. The number of benzene rings is 1. The van der Waals surface area contributed by atoms with Gasteiger partial charge in [-0.1, -0.05) is 30.3 Å². The van der Waals surface area contributed by atoms with Gasteiger partial charge in [0, 0.05) is 31.2 Å². The molecular weight excluding hydrogens is 294 g/mol. The number of hydrogen-bond acceptors (Lipinski definition) is 5. The summed E-state index contributed by atoms with van der Waals surface area (Å²) in [6.45, 7) is 6.09. The Morgan fingerprint density at radius 1 is 1.30 bits per heavy atom. The number of amides is 1. The third-order valence-corrected chi connectivity index (χ3v) is 3.83. The molecule has 1 atom stereocenters. The van der Waals surface area contributed by atoms with E-state index in [9.17, 15) is 4.79 Å². The Balaban J connectivity index is 1.63. The molecule has 0 bridgehead atoms. The van der Waals surface area contributed by atoms with Gasteiger partial charge in [-0.2, -0.15) is 0 Å². The fraction of sp³-hybridized carbons (Fsp3) is 0.412. The Morgan fingerprint density at radius 3 is 2.78 bits per heavy atom. The average Bonchev–Trinajstić information content (AvgIpc) is 3.06. The van der Waals surface area contributed by atoms with E-state index in [1.807, 2.05) is 37.3 Å². The number of rotatable bonds is 5. The zero-order valence-electron chi connectivity index (χ0n) is 13.2. The Bertz CT molecular complexity index is 636. The van der Waals surface area contributed by atoms with Crippen LogP contribution in [0.3, 0.4) is 0 Å². The second-order valence-electron chi connectivity index (χ2n) is 5.68. The number of aromatic nitrogens is 1. The smallest absolute Gasteiger partial charge is 0.289 e. The summed E-state index contributed by atoms with van der Waals surface area (Å²) in [5, 5.41) is 2.98. The first-order valence-electron chi connectivity index (χ1n) is 7.84. The molecule has 1 unspecified atom stereocenters. The highest BCUT2D eigenvalue weighted by atomic mass is 16.5. The van der Waals surface area contributed by atoms with Crippen LogP contribution in [0, 0.1) is 0 Å². The van der Waals surface area contributed by atoms with Gasteiger partial charge >= 0.3 is 0 Å². The second-order valence-corrected chi connectivity index (χ2v) is 5.68. The van der Waals surface area contributed by atoms with Crippen molar-refractivity contribution in [1.82, 2.24) is 15.2 Å². The van der Waals surface area contributed by atoms with Crippen molar-refractivity contribution in [2.24, 2.45) is 0 Å². The molecule has 1 aliphatic rings. The number of ether oxygens (including phenoxy) is 1. The lowest BCUT2D eigenvalue weighted by molar-refractivity contribution is 0.0341. The van der Waals surface area contributed by atoms with Gasteiger partial charge < -0.3 is 14.5 Å². The van der Waals surface area contributed by atoms with Crippen molar-refractivity contribution in [3.63, 3.8) is 0 Å². The number of morpholine rings is 1. The van der Waals surface area contributed by atoms with Crippen LogP contribution >= 0.6 is 0 Å². The predicted molar refractivity (Wildman–Crippen MR) is 86.1 cm³/mol. The normalized spacial score (nSPS) is 16.9. The fourth-order valence-corrected chi connectivity index (χ4v) is 2.71. The molecule has 2 aromatic rings. The maximum absolute atomic E-state index is 12.5. The van der Waals surface area contributed by atoms with Crippen molar-refractivity contribution in [2.45, 2.75) is 13.0 Å². The molecule has 23 heavy (non-hydrogen) atoms. The van der Waals surface area contributed by atoms with Gasteiger partial charge in [-0.15, -0.1) is 0 Å². The van der Waals surface area contributed by atoms with Crippen molar-refractivity contribution in [2.75, 3.05) is 32.8 Å². The van der Waals surface area contributed by atoms with Crippen molar-refractivity contribution >= 4 is 5.91 Å². The van der Waals surface area contributed by atoms with E-state index >= 15 is 0 Å². The lowest BCUT2D eigenvalue weighted by atomic mass is 10.1. The van der Waals surface area contributed by atoms with Crippen LogP contribution in [0.15, 0.2) is 41.1 Å². The lowest BCUT2D eigenvalue weighted by Crippen LogP contribution is -2.46. The van der Waals surface area contributed by atoms with Crippen LogP contribution in [-0.4, -0.2) is 54.7 Å². The van der Waals surface area contributed by atoms with Gasteiger partial charge in [0.2, 0.25) is 5.76 Å². The van der Waals surface area contributed by atoms with E-state index in [4.69, 9.17) is 9.15 Å². The van der Waals surface area contributed by atoms with E-state index in [0.717, 1.165) is 38.4 Å². The van der Waals surface area contributed by atoms with E-state index in [2.05, 4.69) is 15.2 Å². The predicted octanol–water partition coefficient (Wildman–Crippen LogP) is 1.79. The highest BCUT2D eigenvalue weighted by Gasteiger charge is 2.21. The van der Waals surface area contributed by atoms with E-state index in [1.165, 1.54) is 6.39 Å². The van der Waals surface area contributed by atoms with Crippen LogP contribution in [0.5, 0.6) is 0 Å². The SMILES string of the molecule is CC(CN1CCOCC1)NC(=O)c1ocnc1-c1ccccc1. The van der Waals surface area contributed by atoms with Gasteiger partial charge in [-0.05, 0) is 6.92 Å². The molecule has 122 valence electrons. The largest absolute Gasteiger partial charge is 0.438 e. The molecule has 3 rings (SSSR count). The van der Waals surface area contributed by atoms with Crippen LogP contribution in [0.2, 0.25) is 0 Å². The van der Waals surface area contributed by atoms with E-state index < -0.39 is 0 Å². The van der Waals surface area contributed by atoms with Crippen molar-refractivity contribution in [3.8, 4) is 11.3 Å². The molecular formula is C17H21N3O3. The molecule has 2 heterocycles. The lowest BCUT2D eigenvalue weighted by Gasteiger charge is -2.29. The molecule has 1 aromatic heterocycles. The Kier molecular flexibility index (Phi) is 5.05. The van der Waals surface area contributed by atoms with Crippen LogP contribution in [0.25, 0.3) is 11.3 Å². The third-order valence-electron chi connectivity index (χ3n) is 3.83. The van der Waals surface area contributed by atoms with Crippen LogP contribution in [-0.2, 0) is 4.74 Å². The molecule has 1 aromatic carbocycles. The topological polar surface area (TPSA) is 67.6 Å². The molecule has 1 amide bonds. The standard InChI is InChI=1S/C17H21N3O3/c1-13(11-20-7-9-22-10-8-20)19-17(21)16-15(18-12-23-16)14-5-3-2-4-6-14/h2-6,12-13H,7-11H2,1H3,(H,19,21). The fourth-order valence-electron chi connectivity index (χ4n) is 2.71. The van der Waals surface area contributed by atoms with Gasteiger partial charge in [0.25, 0.3) is 5.91 Å². The van der Waals surface area contributed by atoms with E-state index in [0.29, 0.717) is 5.69 Å². The number of carbonyl (C=O) groups is 1. The maximum atomic E-state index is 12.5. The number of oxazole rings is 1. The van der Waals surface area contributed by atoms with Gasteiger partial charge in [0.1, 0.15) is 5.69 Å². The van der Waals surface area contributed by atoms with Crippen molar-refractivity contribution in [3.05, 3.63) is 42.5 Å². The van der Waals surface area contributed by atoms with Crippen molar-refractivity contribution < 1.29 is 13.9 Å². The molecule has 6 heteroatoms. The van der Waals surface area contributed by atoms with Crippen LogP contribution in [0.1, 0.15) is 17.5 Å². The first kappa shape index (κ1) is 15.7. The Hall–Kier alpha value is -2.18. The molecule has 0 radical (unpaired) electrons. The second kappa shape index (κ2) is 7.39. The van der Waals surface area contributed by atoms with Gasteiger partial charge in [-0.3, -0.25) is 9.69 Å². The molecule has 1 N–H and O–H groups in total. The summed E-state index contributed by atoms with van der Waals surface area (Å²) in [4.78, 5) is 18.9. The number of hydrogen-bond donors (Lipinski definition) is 1. The summed E-state index contributed by atoms with van der Waals surface area (Å²) < 4.78 is 10.6. The quantitative estimate of drug-likeness (QED) is 0.911. The minimum Gasteiger partial charge on any atom is -0.438 e. The molecule has 1 saturated heterocycles. The number of nitrogens with zero attached hydrogens (tertiary/aromatic N) is 2. The summed E-state index contributed by atoms with van der Waals surface area (Å²) in [6.07, 6.45) is 1.31. The summed E-state index contributed by atoms with van der Waals surface area (Å²) in [7, 11) is 0. The summed E-state index contributed by atoms with van der Waals surface area (Å²) >= 11 is 0. The Morgan fingerprint density at radius 2 is 2.04 bits per heavy atom. The zero-order valence-corrected chi connectivity index (χ0v) is 13.2. The third kappa shape index (κ3) is 3.97. The Labute approximate surface area is 135 Å². The molecule has 1 aliphatic heterocycles. The van der Waals surface area contributed by atoms with Crippen molar-refractivity contribution in [1.29, 1.82) is 0 Å². The molecule has 0 aliphatic carbocycles. The van der Waals surface area contributed by atoms with E-state index in [1.54, 1.807) is 0 Å².